The number of nitrogens with zero attached hydrogens (tertiary/aromatic N) is 1. The van der Waals surface area contributed by atoms with Gasteiger partial charge in [-0.1, -0.05) is 39.3 Å². The monoisotopic (exact) mass is 485 g/mol. The summed E-state index contributed by atoms with van der Waals surface area (Å²) in [7, 11) is 0. The Morgan fingerprint density at radius 3 is 2.54 bits per heavy atom. The second-order valence-corrected chi connectivity index (χ2v) is 13.9. The minimum absolute atomic E-state index is 0.123. The molecule has 1 saturated heterocycles. The van der Waals surface area contributed by atoms with Crippen molar-refractivity contribution in [2.24, 2.45) is 40.4 Å². The predicted molar refractivity (Wildman–Crippen MR) is 141 cm³/mol. The molecule has 1 heterocycles. The van der Waals surface area contributed by atoms with Crippen LogP contribution in [0.15, 0.2) is 11.6 Å². The van der Waals surface area contributed by atoms with Gasteiger partial charge in [-0.25, -0.2) is 0 Å². The fourth-order valence-corrected chi connectivity index (χ4v) is 9.85. The largest absolute Gasteiger partial charge is 0.393 e. The van der Waals surface area contributed by atoms with E-state index >= 15 is 0 Å². The molecule has 0 radical (unpaired) electrons. The third-order valence-electron chi connectivity index (χ3n) is 12.4. The molecule has 5 aliphatic rings. The minimum Gasteiger partial charge on any atom is -0.393 e. The van der Waals surface area contributed by atoms with Gasteiger partial charge in [0.2, 0.25) is 5.91 Å². The van der Waals surface area contributed by atoms with Gasteiger partial charge in [0, 0.05) is 19.5 Å². The Morgan fingerprint density at radius 2 is 1.83 bits per heavy atom. The molecule has 0 unspecified atom stereocenters. The van der Waals surface area contributed by atoms with Gasteiger partial charge in [-0.15, -0.1) is 0 Å². The number of carbonyl (C=O) groups is 1. The number of carbonyl (C=O) groups excluding carboxylic acids is 1. The van der Waals surface area contributed by atoms with E-state index in [0.29, 0.717) is 29.1 Å². The molecule has 4 aliphatic carbocycles. The van der Waals surface area contributed by atoms with Crippen LogP contribution in [0.25, 0.3) is 0 Å². The number of likely N-dealkylation sites (tertiary alicyclic amines) is 1. The van der Waals surface area contributed by atoms with Gasteiger partial charge in [-0.2, -0.15) is 0 Å². The highest BCUT2D eigenvalue weighted by molar-refractivity contribution is 5.76. The zero-order chi connectivity index (χ0) is 25.0. The first-order valence-corrected chi connectivity index (χ1v) is 15.0. The molecular weight excluding hydrogens is 434 g/mol. The summed E-state index contributed by atoms with van der Waals surface area (Å²) in [5.41, 5.74) is 1.75. The molecule has 4 nitrogen and oxygen atoms in total. The first-order chi connectivity index (χ1) is 16.6. The number of piperidine rings is 1. The predicted octanol–water partition coefficient (Wildman–Crippen LogP) is 6.11. The summed E-state index contributed by atoms with van der Waals surface area (Å²) < 4.78 is 0. The number of hydrogen-bond acceptors (Lipinski definition) is 3. The van der Waals surface area contributed by atoms with E-state index in [1.807, 2.05) is 11.8 Å². The molecule has 198 valence electrons. The Bertz CT molecular complexity index is 829. The molecular formula is C31H51NO3. The molecule has 0 spiro atoms. The van der Waals surface area contributed by atoms with Crippen molar-refractivity contribution >= 4 is 5.91 Å². The van der Waals surface area contributed by atoms with E-state index < -0.39 is 5.60 Å². The van der Waals surface area contributed by atoms with Gasteiger partial charge in [-0.05, 0) is 117 Å². The average Bonchev–Trinajstić information content (AvgIpc) is 3.20. The van der Waals surface area contributed by atoms with Gasteiger partial charge in [0.25, 0.3) is 0 Å². The number of hydrogen-bond donors (Lipinski definition) is 2. The lowest BCUT2D eigenvalue weighted by atomic mass is 9.47. The van der Waals surface area contributed by atoms with Crippen LogP contribution in [0.2, 0.25) is 0 Å². The van der Waals surface area contributed by atoms with Crippen LogP contribution in [-0.2, 0) is 4.79 Å². The Morgan fingerprint density at radius 1 is 1.09 bits per heavy atom. The van der Waals surface area contributed by atoms with Crippen molar-refractivity contribution in [1.82, 2.24) is 4.90 Å². The van der Waals surface area contributed by atoms with Crippen LogP contribution in [0, 0.1) is 40.4 Å². The molecule has 0 aromatic heterocycles. The van der Waals surface area contributed by atoms with Crippen molar-refractivity contribution in [1.29, 1.82) is 0 Å². The van der Waals surface area contributed by atoms with Crippen molar-refractivity contribution in [3.63, 3.8) is 0 Å². The zero-order valence-electron chi connectivity index (χ0n) is 22.9. The van der Waals surface area contributed by atoms with Crippen molar-refractivity contribution in [2.45, 2.75) is 123 Å². The van der Waals surface area contributed by atoms with E-state index in [9.17, 15) is 15.0 Å². The van der Waals surface area contributed by atoms with Gasteiger partial charge in [0.15, 0.2) is 0 Å². The SMILES string of the molecule is CCC1(O)CCN(C(=O)CC[C@@H](C)[C@H]2CC[C@H]3[C@@H]4CC=C5C[C@@H](O)CC[C@]5(C)[C@H]4CC[C@]23C)CC1. The quantitative estimate of drug-likeness (QED) is 0.462. The molecule has 0 aromatic rings. The topological polar surface area (TPSA) is 60.8 Å². The standard InChI is InChI=1S/C31H51NO3/c1-5-31(35)16-18-32(19-17-31)28(34)11-6-21(2)25-9-10-26-24-8-7-22-20-23(33)12-14-29(22,3)27(24)13-15-30(25,26)4/h7,21,23-27,33,35H,5-6,8-20H2,1-4H3/t21-,23+,24+,25-,26+,27+,29+,30-/m1/s1. The fourth-order valence-electron chi connectivity index (χ4n) is 9.85. The first-order valence-electron chi connectivity index (χ1n) is 15.0. The van der Waals surface area contributed by atoms with Crippen LogP contribution >= 0.6 is 0 Å². The Hall–Kier alpha value is -0.870. The third kappa shape index (κ3) is 4.43. The van der Waals surface area contributed by atoms with Gasteiger partial charge < -0.3 is 15.1 Å². The van der Waals surface area contributed by atoms with Crippen LogP contribution in [0.4, 0.5) is 0 Å². The molecule has 35 heavy (non-hydrogen) atoms. The first kappa shape index (κ1) is 25.8. The second kappa shape index (κ2) is 9.46. The van der Waals surface area contributed by atoms with Crippen molar-refractivity contribution < 1.29 is 15.0 Å². The molecule has 2 N–H and O–H groups in total. The van der Waals surface area contributed by atoms with Gasteiger partial charge >= 0.3 is 0 Å². The molecule has 5 rings (SSSR count). The molecule has 0 aromatic carbocycles. The van der Waals surface area contributed by atoms with Crippen LogP contribution < -0.4 is 0 Å². The summed E-state index contributed by atoms with van der Waals surface area (Å²) in [4.78, 5) is 15.0. The molecule has 3 saturated carbocycles. The Labute approximate surface area is 213 Å². The number of fused-ring (bicyclic) bond motifs is 5. The molecule has 8 atom stereocenters. The summed E-state index contributed by atoms with van der Waals surface area (Å²) in [6, 6.07) is 0. The Kier molecular flexibility index (Phi) is 6.96. The second-order valence-electron chi connectivity index (χ2n) is 13.9. The Balaban J connectivity index is 1.20. The normalized spacial score (nSPS) is 43.5. The number of aliphatic hydroxyl groups is 2. The maximum absolute atomic E-state index is 13.0. The maximum atomic E-state index is 13.0. The van der Waals surface area contributed by atoms with E-state index in [-0.39, 0.29) is 6.10 Å². The lowest BCUT2D eigenvalue weighted by Gasteiger charge is -2.58. The van der Waals surface area contributed by atoms with Crippen molar-refractivity contribution in [3.8, 4) is 0 Å². The number of rotatable bonds is 5. The summed E-state index contributed by atoms with van der Waals surface area (Å²) >= 11 is 0. The van der Waals surface area contributed by atoms with Gasteiger partial charge in [0.05, 0.1) is 11.7 Å². The van der Waals surface area contributed by atoms with E-state index in [1.165, 1.54) is 38.5 Å². The zero-order valence-corrected chi connectivity index (χ0v) is 22.9. The molecule has 0 bridgehead atoms. The van der Waals surface area contributed by atoms with Crippen molar-refractivity contribution in [3.05, 3.63) is 11.6 Å². The van der Waals surface area contributed by atoms with Gasteiger partial charge in [-0.3, -0.25) is 4.79 Å². The van der Waals surface area contributed by atoms with Crippen LogP contribution in [-0.4, -0.2) is 45.8 Å². The summed E-state index contributed by atoms with van der Waals surface area (Å²) in [5, 5.41) is 20.8. The number of allylic oxidation sites excluding steroid dienone is 1. The molecule has 4 fully saturated rings. The maximum Gasteiger partial charge on any atom is 0.222 e. The summed E-state index contributed by atoms with van der Waals surface area (Å²) in [6.07, 6.45) is 16.0. The average molecular weight is 486 g/mol. The van der Waals surface area contributed by atoms with E-state index in [2.05, 4.69) is 26.8 Å². The lowest BCUT2D eigenvalue weighted by molar-refractivity contribution is -0.136. The van der Waals surface area contributed by atoms with E-state index in [4.69, 9.17) is 0 Å². The highest BCUT2D eigenvalue weighted by Gasteiger charge is 2.59. The minimum atomic E-state index is -0.556. The fraction of sp³-hybridized carbons (Fsp3) is 0.903. The molecule has 1 amide bonds. The van der Waals surface area contributed by atoms with Crippen LogP contribution in [0.1, 0.15) is 111 Å². The van der Waals surface area contributed by atoms with Crippen LogP contribution in [0.3, 0.4) is 0 Å². The number of aliphatic hydroxyl groups excluding tert-OH is 1. The van der Waals surface area contributed by atoms with Gasteiger partial charge in [0.1, 0.15) is 0 Å². The third-order valence-corrected chi connectivity index (χ3v) is 12.4. The van der Waals surface area contributed by atoms with E-state index in [0.717, 1.165) is 75.3 Å². The smallest absolute Gasteiger partial charge is 0.222 e. The molecule has 1 aliphatic heterocycles. The summed E-state index contributed by atoms with van der Waals surface area (Å²) in [6.45, 7) is 11.0. The highest BCUT2D eigenvalue weighted by Crippen LogP contribution is 2.67. The van der Waals surface area contributed by atoms with Crippen LogP contribution in [0.5, 0.6) is 0 Å². The summed E-state index contributed by atoms with van der Waals surface area (Å²) in [5.74, 6) is 4.05. The lowest BCUT2D eigenvalue weighted by Crippen LogP contribution is -2.50. The number of amides is 1. The highest BCUT2D eigenvalue weighted by atomic mass is 16.3. The molecule has 4 heteroatoms. The van der Waals surface area contributed by atoms with Crippen molar-refractivity contribution in [2.75, 3.05) is 13.1 Å². The van der Waals surface area contributed by atoms with E-state index in [1.54, 1.807) is 5.57 Å².